The van der Waals surface area contributed by atoms with Crippen molar-refractivity contribution in [2.24, 2.45) is 0 Å². The number of benzene rings is 2. The van der Waals surface area contributed by atoms with Gasteiger partial charge >= 0.3 is 0 Å². The average molecular weight is 296 g/mol. The number of piperidine rings is 1. The summed E-state index contributed by atoms with van der Waals surface area (Å²) in [5.74, 6) is 0. The lowest BCUT2D eigenvalue weighted by Gasteiger charge is -2.36. The van der Waals surface area contributed by atoms with E-state index >= 15 is 0 Å². The molecule has 0 spiro atoms. The summed E-state index contributed by atoms with van der Waals surface area (Å²) in [7, 11) is 0. The van der Waals surface area contributed by atoms with Gasteiger partial charge in [0.2, 0.25) is 0 Å². The summed E-state index contributed by atoms with van der Waals surface area (Å²) in [6, 6.07) is 21.0. The van der Waals surface area contributed by atoms with E-state index in [4.69, 9.17) is 0 Å². The van der Waals surface area contributed by atoms with Crippen molar-refractivity contribution in [3.8, 4) is 0 Å². The highest BCUT2D eigenvalue weighted by atomic mass is 16.3. The Hall–Kier alpha value is -1.68. The van der Waals surface area contributed by atoms with Crippen LogP contribution in [0, 0.1) is 0 Å². The lowest BCUT2D eigenvalue weighted by Crippen LogP contribution is -2.53. The van der Waals surface area contributed by atoms with Crippen LogP contribution in [0.15, 0.2) is 60.7 Å². The Bertz CT molecular complexity index is 558. The molecule has 1 saturated heterocycles. The first kappa shape index (κ1) is 15.2. The van der Waals surface area contributed by atoms with Crippen LogP contribution in [0.1, 0.15) is 17.5 Å². The van der Waals surface area contributed by atoms with Crippen molar-refractivity contribution in [2.75, 3.05) is 13.1 Å². The first-order valence-electron chi connectivity index (χ1n) is 8.03. The van der Waals surface area contributed by atoms with Gasteiger partial charge in [-0.05, 0) is 17.5 Å². The predicted molar refractivity (Wildman–Crippen MR) is 89.4 cm³/mol. The van der Waals surface area contributed by atoms with Crippen LogP contribution in [0.4, 0.5) is 0 Å². The largest absolute Gasteiger partial charge is 0.391 e. The molecule has 2 N–H and O–H groups in total. The molecule has 0 radical (unpaired) electrons. The van der Waals surface area contributed by atoms with Gasteiger partial charge in [-0.2, -0.15) is 0 Å². The second-order valence-corrected chi connectivity index (χ2v) is 6.05. The molecule has 0 unspecified atom stereocenters. The van der Waals surface area contributed by atoms with Crippen LogP contribution in [0.25, 0.3) is 0 Å². The van der Waals surface area contributed by atoms with Crippen molar-refractivity contribution in [3.63, 3.8) is 0 Å². The number of nitrogens with zero attached hydrogens (tertiary/aromatic N) is 1. The molecular weight excluding hydrogens is 272 g/mol. The average Bonchev–Trinajstić information content (AvgIpc) is 2.57. The van der Waals surface area contributed by atoms with Gasteiger partial charge in [-0.1, -0.05) is 60.7 Å². The fraction of sp³-hybridized carbons (Fsp3) is 0.368. The van der Waals surface area contributed by atoms with Crippen LogP contribution < -0.4 is 5.32 Å². The van der Waals surface area contributed by atoms with Gasteiger partial charge in [0, 0.05) is 32.2 Å². The van der Waals surface area contributed by atoms with Gasteiger partial charge in [0.15, 0.2) is 0 Å². The van der Waals surface area contributed by atoms with Crippen LogP contribution in [-0.4, -0.2) is 35.2 Å². The SMILES string of the molecule is O[C@H]1CCN(Cc2ccccc2)C[C@@H]1NCc1ccccc1. The topological polar surface area (TPSA) is 35.5 Å². The second kappa shape index (κ2) is 7.54. The lowest BCUT2D eigenvalue weighted by atomic mass is 10.0. The summed E-state index contributed by atoms with van der Waals surface area (Å²) >= 11 is 0. The molecule has 0 saturated carbocycles. The lowest BCUT2D eigenvalue weighted by molar-refractivity contribution is 0.0438. The third kappa shape index (κ3) is 4.17. The molecule has 0 aromatic heterocycles. The van der Waals surface area contributed by atoms with Crippen LogP contribution >= 0.6 is 0 Å². The predicted octanol–water partition coefficient (Wildman–Crippen LogP) is 2.41. The van der Waals surface area contributed by atoms with E-state index < -0.39 is 0 Å². The molecule has 1 aliphatic heterocycles. The van der Waals surface area contributed by atoms with Crippen molar-refractivity contribution in [2.45, 2.75) is 31.7 Å². The van der Waals surface area contributed by atoms with Gasteiger partial charge in [0.05, 0.1) is 6.10 Å². The van der Waals surface area contributed by atoms with Gasteiger partial charge < -0.3 is 10.4 Å². The molecule has 22 heavy (non-hydrogen) atoms. The fourth-order valence-corrected chi connectivity index (χ4v) is 3.04. The number of rotatable bonds is 5. The third-order valence-electron chi connectivity index (χ3n) is 4.32. The van der Waals surface area contributed by atoms with E-state index in [9.17, 15) is 5.11 Å². The Kier molecular flexibility index (Phi) is 5.22. The van der Waals surface area contributed by atoms with Gasteiger partial charge in [-0.15, -0.1) is 0 Å². The van der Waals surface area contributed by atoms with E-state index in [1.807, 2.05) is 12.1 Å². The second-order valence-electron chi connectivity index (χ2n) is 6.05. The number of aliphatic hydroxyl groups excluding tert-OH is 1. The quantitative estimate of drug-likeness (QED) is 0.889. The summed E-state index contributed by atoms with van der Waals surface area (Å²) in [6.45, 7) is 3.61. The Morgan fingerprint density at radius 3 is 2.27 bits per heavy atom. The van der Waals surface area contributed by atoms with Crippen molar-refractivity contribution < 1.29 is 5.11 Å². The highest BCUT2D eigenvalue weighted by Crippen LogP contribution is 2.15. The summed E-state index contributed by atoms with van der Waals surface area (Å²) < 4.78 is 0. The van der Waals surface area contributed by atoms with Crippen molar-refractivity contribution in [3.05, 3.63) is 71.8 Å². The molecule has 2 aromatic rings. The van der Waals surface area contributed by atoms with Crippen LogP contribution in [0.5, 0.6) is 0 Å². The summed E-state index contributed by atoms with van der Waals surface area (Å²) in [4.78, 5) is 2.42. The van der Waals surface area contributed by atoms with E-state index in [-0.39, 0.29) is 12.1 Å². The smallest absolute Gasteiger partial charge is 0.0718 e. The monoisotopic (exact) mass is 296 g/mol. The van der Waals surface area contributed by atoms with Gasteiger partial charge in [-0.3, -0.25) is 4.90 Å². The van der Waals surface area contributed by atoms with E-state index in [0.717, 1.165) is 32.6 Å². The maximum absolute atomic E-state index is 10.2. The van der Waals surface area contributed by atoms with E-state index in [1.165, 1.54) is 11.1 Å². The Labute approximate surface area is 132 Å². The maximum atomic E-state index is 10.2. The van der Waals surface area contributed by atoms with Gasteiger partial charge in [0.1, 0.15) is 0 Å². The van der Waals surface area contributed by atoms with E-state index in [2.05, 4.69) is 58.7 Å². The summed E-state index contributed by atoms with van der Waals surface area (Å²) in [6.07, 6.45) is 0.579. The van der Waals surface area contributed by atoms with Crippen molar-refractivity contribution in [1.29, 1.82) is 0 Å². The number of nitrogens with one attached hydrogen (secondary N) is 1. The zero-order valence-electron chi connectivity index (χ0n) is 12.9. The molecule has 1 aliphatic rings. The molecule has 0 bridgehead atoms. The third-order valence-corrected chi connectivity index (χ3v) is 4.32. The van der Waals surface area contributed by atoms with Crippen LogP contribution in [-0.2, 0) is 13.1 Å². The Morgan fingerprint density at radius 2 is 1.59 bits per heavy atom. The summed E-state index contributed by atoms with van der Waals surface area (Å²) in [5, 5.41) is 13.8. The minimum atomic E-state index is -0.254. The first-order valence-corrected chi connectivity index (χ1v) is 8.03. The molecule has 2 atom stereocenters. The molecule has 116 valence electrons. The summed E-state index contributed by atoms with van der Waals surface area (Å²) in [5.41, 5.74) is 2.59. The van der Waals surface area contributed by atoms with E-state index in [1.54, 1.807) is 0 Å². The Morgan fingerprint density at radius 1 is 0.955 bits per heavy atom. The normalized spacial score (nSPS) is 22.6. The van der Waals surface area contributed by atoms with Crippen LogP contribution in [0.3, 0.4) is 0 Å². The fourth-order valence-electron chi connectivity index (χ4n) is 3.04. The van der Waals surface area contributed by atoms with Gasteiger partial charge in [-0.25, -0.2) is 0 Å². The molecule has 3 heteroatoms. The van der Waals surface area contributed by atoms with Crippen molar-refractivity contribution in [1.82, 2.24) is 10.2 Å². The number of hydrogen-bond acceptors (Lipinski definition) is 3. The molecular formula is C19H24N2O. The van der Waals surface area contributed by atoms with Crippen molar-refractivity contribution >= 4 is 0 Å². The molecule has 2 aromatic carbocycles. The zero-order valence-corrected chi connectivity index (χ0v) is 12.9. The molecule has 3 nitrogen and oxygen atoms in total. The first-order chi connectivity index (χ1) is 10.8. The molecule has 0 aliphatic carbocycles. The number of hydrogen-bond donors (Lipinski definition) is 2. The standard InChI is InChI=1S/C19H24N2O/c22-19-11-12-21(14-17-9-5-2-6-10-17)15-18(19)20-13-16-7-3-1-4-8-16/h1-10,18-20,22H,11-15H2/t18-,19-/m0/s1. The number of likely N-dealkylation sites (tertiary alicyclic amines) is 1. The van der Waals surface area contributed by atoms with E-state index in [0.29, 0.717) is 0 Å². The highest BCUT2D eigenvalue weighted by molar-refractivity contribution is 5.15. The number of aliphatic hydroxyl groups is 1. The minimum absolute atomic E-state index is 0.137. The molecule has 0 amide bonds. The maximum Gasteiger partial charge on any atom is 0.0718 e. The van der Waals surface area contributed by atoms with Gasteiger partial charge in [0.25, 0.3) is 0 Å². The van der Waals surface area contributed by atoms with Crippen LogP contribution in [0.2, 0.25) is 0 Å². The molecule has 1 heterocycles. The highest BCUT2D eigenvalue weighted by Gasteiger charge is 2.27. The molecule has 3 rings (SSSR count). The minimum Gasteiger partial charge on any atom is -0.391 e. The molecule has 1 fully saturated rings. The Balaban J connectivity index is 1.54. The zero-order chi connectivity index (χ0) is 15.2.